The van der Waals surface area contributed by atoms with Crippen LogP contribution in [0.5, 0.6) is 0 Å². The van der Waals surface area contributed by atoms with Crippen molar-refractivity contribution in [3.05, 3.63) is 35.4 Å². The van der Waals surface area contributed by atoms with E-state index in [4.69, 9.17) is 0 Å². The van der Waals surface area contributed by atoms with Gasteiger partial charge in [-0.1, -0.05) is 39.0 Å². The highest BCUT2D eigenvalue weighted by Gasteiger charge is 2.34. The predicted molar refractivity (Wildman–Crippen MR) is 85.5 cm³/mol. The second-order valence-electron chi connectivity index (χ2n) is 6.91. The Kier molecular flexibility index (Phi) is 6.26. The van der Waals surface area contributed by atoms with E-state index in [9.17, 15) is 21.6 Å². The van der Waals surface area contributed by atoms with Crippen molar-refractivity contribution in [2.75, 3.05) is 5.75 Å². The lowest BCUT2D eigenvalue weighted by atomic mass is 9.91. The van der Waals surface area contributed by atoms with Crippen LogP contribution in [0.1, 0.15) is 57.7 Å². The van der Waals surface area contributed by atoms with E-state index in [1.54, 1.807) is 0 Å². The van der Waals surface area contributed by atoms with Crippen molar-refractivity contribution < 1.29 is 21.6 Å². The van der Waals surface area contributed by atoms with E-state index in [1.807, 2.05) is 20.8 Å². The number of halogens is 3. The van der Waals surface area contributed by atoms with Gasteiger partial charge in [0.05, 0.1) is 11.3 Å². The number of nitrogens with one attached hydrogen (secondary N) is 1. The van der Waals surface area contributed by atoms with Crippen molar-refractivity contribution >= 4 is 10.0 Å². The topological polar surface area (TPSA) is 46.2 Å². The van der Waals surface area contributed by atoms with E-state index in [-0.39, 0.29) is 16.7 Å². The van der Waals surface area contributed by atoms with Crippen molar-refractivity contribution in [1.82, 2.24) is 4.72 Å². The molecule has 0 saturated carbocycles. The molecular weight excluding hydrogens is 327 g/mol. The molecule has 0 aromatic heterocycles. The fourth-order valence-corrected chi connectivity index (χ4v) is 3.62. The molecule has 0 aliphatic rings. The number of hydrogen-bond donors (Lipinski definition) is 1. The highest BCUT2D eigenvalue weighted by Crippen LogP contribution is 2.34. The van der Waals surface area contributed by atoms with E-state index in [2.05, 4.69) is 4.72 Å². The minimum Gasteiger partial charge on any atom is -0.212 e. The van der Waals surface area contributed by atoms with Gasteiger partial charge in [0.1, 0.15) is 0 Å². The van der Waals surface area contributed by atoms with Gasteiger partial charge in [0, 0.05) is 6.04 Å². The Bertz CT molecular complexity index is 619. The summed E-state index contributed by atoms with van der Waals surface area (Å²) in [5.41, 5.74) is -0.867. The first kappa shape index (κ1) is 20.0. The smallest absolute Gasteiger partial charge is 0.212 e. The average Bonchev–Trinajstić information content (AvgIpc) is 2.35. The number of alkyl halides is 3. The van der Waals surface area contributed by atoms with Crippen LogP contribution in [0.15, 0.2) is 24.3 Å². The molecule has 0 unspecified atom stereocenters. The van der Waals surface area contributed by atoms with E-state index in [1.165, 1.54) is 25.1 Å². The van der Waals surface area contributed by atoms with E-state index >= 15 is 0 Å². The van der Waals surface area contributed by atoms with Gasteiger partial charge in [-0.05, 0) is 36.8 Å². The Balaban J connectivity index is 2.82. The predicted octanol–water partition coefficient (Wildman–Crippen LogP) is 4.51. The standard InChI is InChI=1S/C16H24F3NO2S/c1-12(13-8-5-6-9-14(13)16(17,18)19)20-23(21,22)11-7-10-15(2,3)4/h5-6,8-9,12,20H,7,10-11H2,1-4H3/t12-/m1/s1. The van der Waals surface area contributed by atoms with Gasteiger partial charge in [0.2, 0.25) is 10.0 Å². The third kappa shape index (κ3) is 6.91. The SMILES string of the molecule is C[C@@H](NS(=O)(=O)CCCC(C)(C)C)c1ccccc1C(F)(F)F. The molecule has 7 heteroatoms. The molecule has 1 N–H and O–H groups in total. The first-order chi connectivity index (χ1) is 10.3. The molecule has 1 rings (SSSR count). The highest BCUT2D eigenvalue weighted by atomic mass is 32.2. The van der Waals surface area contributed by atoms with Crippen LogP contribution >= 0.6 is 0 Å². The number of sulfonamides is 1. The molecule has 0 aliphatic heterocycles. The fourth-order valence-electron chi connectivity index (χ4n) is 2.32. The van der Waals surface area contributed by atoms with E-state index < -0.39 is 27.8 Å². The van der Waals surface area contributed by atoms with Crippen molar-refractivity contribution in [3.63, 3.8) is 0 Å². The summed E-state index contributed by atoms with van der Waals surface area (Å²) in [6, 6.07) is 4.07. The van der Waals surface area contributed by atoms with Crippen LogP contribution in [0.4, 0.5) is 13.2 Å². The summed E-state index contributed by atoms with van der Waals surface area (Å²) in [6.07, 6.45) is -3.32. The van der Waals surface area contributed by atoms with Gasteiger partial charge in [-0.25, -0.2) is 13.1 Å². The first-order valence-corrected chi connectivity index (χ1v) is 9.13. The van der Waals surface area contributed by atoms with Crippen molar-refractivity contribution in [3.8, 4) is 0 Å². The molecule has 0 radical (unpaired) electrons. The van der Waals surface area contributed by atoms with Gasteiger partial charge in [0.15, 0.2) is 0 Å². The molecule has 0 amide bonds. The van der Waals surface area contributed by atoms with Gasteiger partial charge in [-0.2, -0.15) is 13.2 Å². The molecule has 0 bridgehead atoms. The third-order valence-electron chi connectivity index (χ3n) is 3.43. The zero-order chi connectivity index (χ0) is 17.9. The normalized spacial score (nSPS) is 14.7. The molecule has 1 atom stereocenters. The first-order valence-electron chi connectivity index (χ1n) is 7.48. The van der Waals surface area contributed by atoms with Gasteiger partial charge in [-0.15, -0.1) is 0 Å². The van der Waals surface area contributed by atoms with Crippen LogP contribution in [-0.2, 0) is 16.2 Å². The Morgan fingerprint density at radius 1 is 1.13 bits per heavy atom. The minimum absolute atomic E-state index is 0.0179. The molecule has 0 heterocycles. The summed E-state index contributed by atoms with van der Waals surface area (Å²) in [4.78, 5) is 0. The van der Waals surface area contributed by atoms with Crippen molar-refractivity contribution in [2.24, 2.45) is 5.41 Å². The maximum atomic E-state index is 13.0. The second-order valence-corrected chi connectivity index (χ2v) is 8.78. The fraction of sp³-hybridized carbons (Fsp3) is 0.625. The van der Waals surface area contributed by atoms with Crippen LogP contribution in [0.25, 0.3) is 0 Å². The van der Waals surface area contributed by atoms with Gasteiger partial charge < -0.3 is 0 Å². The molecular formula is C16H24F3NO2S. The molecule has 0 aliphatic carbocycles. The number of rotatable bonds is 6. The molecule has 23 heavy (non-hydrogen) atoms. The molecule has 132 valence electrons. The largest absolute Gasteiger partial charge is 0.416 e. The summed E-state index contributed by atoms with van der Waals surface area (Å²) in [5, 5.41) is 0. The van der Waals surface area contributed by atoms with Gasteiger partial charge >= 0.3 is 6.18 Å². The maximum absolute atomic E-state index is 13.0. The highest BCUT2D eigenvalue weighted by molar-refractivity contribution is 7.89. The molecule has 3 nitrogen and oxygen atoms in total. The van der Waals surface area contributed by atoms with Crippen LogP contribution in [0.3, 0.4) is 0 Å². The van der Waals surface area contributed by atoms with Crippen LogP contribution in [0, 0.1) is 5.41 Å². The van der Waals surface area contributed by atoms with Gasteiger partial charge in [-0.3, -0.25) is 0 Å². The van der Waals surface area contributed by atoms with Crippen molar-refractivity contribution in [2.45, 2.75) is 52.8 Å². The van der Waals surface area contributed by atoms with E-state index in [0.717, 1.165) is 12.5 Å². The maximum Gasteiger partial charge on any atom is 0.416 e. The zero-order valence-electron chi connectivity index (χ0n) is 13.9. The number of hydrogen-bond acceptors (Lipinski definition) is 2. The lowest BCUT2D eigenvalue weighted by molar-refractivity contribution is -0.138. The molecule has 0 spiro atoms. The Morgan fingerprint density at radius 3 is 2.22 bits per heavy atom. The summed E-state index contributed by atoms with van der Waals surface area (Å²) in [7, 11) is -3.63. The van der Waals surface area contributed by atoms with Crippen molar-refractivity contribution in [1.29, 1.82) is 0 Å². The lowest BCUT2D eigenvalue weighted by Gasteiger charge is -2.21. The van der Waals surface area contributed by atoms with Crippen LogP contribution < -0.4 is 4.72 Å². The van der Waals surface area contributed by atoms with Gasteiger partial charge in [0.25, 0.3) is 0 Å². The summed E-state index contributed by atoms with van der Waals surface area (Å²) < 4.78 is 65.5. The molecule has 1 aromatic carbocycles. The van der Waals surface area contributed by atoms with Crippen LogP contribution in [-0.4, -0.2) is 14.2 Å². The quantitative estimate of drug-likeness (QED) is 0.819. The summed E-state index contributed by atoms with van der Waals surface area (Å²) in [6.45, 7) is 7.45. The lowest BCUT2D eigenvalue weighted by Crippen LogP contribution is -2.30. The molecule has 0 fully saturated rings. The van der Waals surface area contributed by atoms with E-state index in [0.29, 0.717) is 6.42 Å². The Labute approximate surface area is 136 Å². The Hall–Kier alpha value is -1.08. The molecule has 1 aromatic rings. The monoisotopic (exact) mass is 351 g/mol. The third-order valence-corrected chi connectivity index (χ3v) is 4.97. The summed E-state index contributed by atoms with van der Waals surface area (Å²) >= 11 is 0. The molecule has 0 saturated heterocycles. The average molecular weight is 351 g/mol. The second kappa shape index (κ2) is 7.21. The summed E-state index contributed by atoms with van der Waals surface area (Å²) in [5.74, 6) is -0.0944. The minimum atomic E-state index is -4.51. The zero-order valence-corrected chi connectivity index (χ0v) is 14.7. The number of benzene rings is 1. The Morgan fingerprint density at radius 2 is 1.70 bits per heavy atom. The van der Waals surface area contributed by atoms with Crippen LogP contribution in [0.2, 0.25) is 0 Å².